The van der Waals surface area contributed by atoms with E-state index in [9.17, 15) is 4.39 Å². The van der Waals surface area contributed by atoms with E-state index in [2.05, 4.69) is 5.10 Å². The summed E-state index contributed by atoms with van der Waals surface area (Å²) in [5, 5.41) is 4.05. The SMILES string of the molecule is Nc1cnn(CCc2cccc(F)c2)c1. The molecule has 0 saturated heterocycles. The lowest BCUT2D eigenvalue weighted by Gasteiger charge is -2.01. The third-order valence-electron chi connectivity index (χ3n) is 2.17. The molecule has 2 N–H and O–H groups in total. The molecule has 0 aliphatic carbocycles. The van der Waals surface area contributed by atoms with Crippen LogP contribution in [0.3, 0.4) is 0 Å². The van der Waals surface area contributed by atoms with Gasteiger partial charge >= 0.3 is 0 Å². The van der Waals surface area contributed by atoms with Gasteiger partial charge in [0.25, 0.3) is 0 Å². The maximum atomic E-state index is 12.9. The number of rotatable bonds is 3. The van der Waals surface area contributed by atoms with Crippen molar-refractivity contribution in [3.8, 4) is 0 Å². The summed E-state index contributed by atoms with van der Waals surface area (Å²) in [6.07, 6.45) is 4.11. The average molecular weight is 205 g/mol. The molecule has 0 atom stereocenters. The van der Waals surface area contributed by atoms with Gasteiger partial charge in [0.1, 0.15) is 5.82 Å². The minimum atomic E-state index is -0.201. The molecule has 2 rings (SSSR count). The monoisotopic (exact) mass is 205 g/mol. The number of hydrogen-bond acceptors (Lipinski definition) is 2. The first-order valence-corrected chi connectivity index (χ1v) is 4.76. The van der Waals surface area contributed by atoms with Crippen LogP contribution < -0.4 is 5.73 Å². The van der Waals surface area contributed by atoms with Gasteiger partial charge in [0.05, 0.1) is 11.9 Å². The summed E-state index contributed by atoms with van der Waals surface area (Å²) in [5.74, 6) is -0.201. The Kier molecular flexibility index (Phi) is 2.67. The van der Waals surface area contributed by atoms with Gasteiger partial charge in [0.15, 0.2) is 0 Å². The predicted molar refractivity (Wildman–Crippen MR) is 56.7 cm³/mol. The first kappa shape index (κ1) is 9.71. The van der Waals surface area contributed by atoms with Crippen LogP contribution in [-0.2, 0) is 13.0 Å². The zero-order valence-electron chi connectivity index (χ0n) is 8.23. The van der Waals surface area contributed by atoms with Crippen LogP contribution >= 0.6 is 0 Å². The zero-order chi connectivity index (χ0) is 10.7. The highest BCUT2D eigenvalue weighted by Gasteiger charge is 1.97. The summed E-state index contributed by atoms with van der Waals surface area (Å²) in [6, 6.07) is 6.58. The predicted octanol–water partition coefficient (Wildman–Crippen LogP) is 1.85. The van der Waals surface area contributed by atoms with E-state index < -0.39 is 0 Å². The molecule has 2 aromatic rings. The van der Waals surface area contributed by atoms with Crippen molar-refractivity contribution in [3.63, 3.8) is 0 Å². The molecule has 0 fully saturated rings. The topological polar surface area (TPSA) is 43.8 Å². The van der Waals surface area contributed by atoms with Gasteiger partial charge in [0, 0.05) is 12.7 Å². The fourth-order valence-corrected chi connectivity index (χ4v) is 1.44. The molecule has 0 radical (unpaired) electrons. The van der Waals surface area contributed by atoms with Gasteiger partial charge in [-0.05, 0) is 24.1 Å². The Morgan fingerprint density at radius 2 is 2.27 bits per heavy atom. The molecule has 4 heteroatoms. The second-order valence-corrected chi connectivity index (χ2v) is 3.42. The summed E-state index contributed by atoms with van der Waals surface area (Å²) in [7, 11) is 0. The van der Waals surface area contributed by atoms with Crippen molar-refractivity contribution >= 4 is 5.69 Å². The van der Waals surface area contributed by atoms with Crippen LogP contribution in [0.2, 0.25) is 0 Å². The van der Waals surface area contributed by atoms with E-state index in [0.29, 0.717) is 12.2 Å². The largest absolute Gasteiger partial charge is 0.396 e. The lowest BCUT2D eigenvalue weighted by Crippen LogP contribution is -2.01. The van der Waals surface area contributed by atoms with Gasteiger partial charge in [-0.2, -0.15) is 5.10 Å². The Morgan fingerprint density at radius 3 is 2.93 bits per heavy atom. The third kappa shape index (κ3) is 2.56. The zero-order valence-corrected chi connectivity index (χ0v) is 8.23. The molecule has 0 saturated carbocycles. The third-order valence-corrected chi connectivity index (χ3v) is 2.17. The van der Waals surface area contributed by atoms with E-state index in [4.69, 9.17) is 5.73 Å². The molecule has 0 aliphatic rings. The van der Waals surface area contributed by atoms with E-state index in [1.807, 2.05) is 6.07 Å². The highest BCUT2D eigenvalue weighted by Crippen LogP contribution is 2.06. The smallest absolute Gasteiger partial charge is 0.123 e. The molecule has 0 bridgehead atoms. The lowest BCUT2D eigenvalue weighted by molar-refractivity contribution is 0.603. The summed E-state index contributed by atoms with van der Waals surface area (Å²) in [4.78, 5) is 0. The standard InChI is InChI=1S/C11H12FN3/c12-10-3-1-2-9(6-10)4-5-15-8-11(13)7-14-15/h1-3,6-8H,4-5,13H2. The highest BCUT2D eigenvalue weighted by molar-refractivity contribution is 5.30. The second-order valence-electron chi connectivity index (χ2n) is 3.42. The number of benzene rings is 1. The number of nitrogens with two attached hydrogens (primary N) is 1. The molecular formula is C11H12FN3. The maximum Gasteiger partial charge on any atom is 0.123 e. The molecule has 1 heterocycles. The average Bonchev–Trinajstić information content (AvgIpc) is 2.62. The number of nitrogen functional groups attached to an aromatic ring is 1. The molecular weight excluding hydrogens is 193 g/mol. The van der Waals surface area contributed by atoms with E-state index in [1.54, 1.807) is 23.1 Å². The van der Waals surface area contributed by atoms with Crippen molar-refractivity contribution in [1.82, 2.24) is 9.78 Å². The van der Waals surface area contributed by atoms with E-state index in [-0.39, 0.29) is 5.82 Å². The minimum Gasteiger partial charge on any atom is -0.396 e. The van der Waals surface area contributed by atoms with Crippen LogP contribution in [0.5, 0.6) is 0 Å². The molecule has 78 valence electrons. The van der Waals surface area contributed by atoms with Crippen molar-refractivity contribution < 1.29 is 4.39 Å². The van der Waals surface area contributed by atoms with Crippen molar-refractivity contribution in [3.05, 3.63) is 48.0 Å². The van der Waals surface area contributed by atoms with Gasteiger partial charge in [-0.3, -0.25) is 4.68 Å². The molecule has 15 heavy (non-hydrogen) atoms. The van der Waals surface area contributed by atoms with Gasteiger partial charge in [-0.1, -0.05) is 12.1 Å². The van der Waals surface area contributed by atoms with Crippen LogP contribution in [0, 0.1) is 5.82 Å². The number of halogens is 1. The fourth-order valence-electron chi connectivity index (χ4n) is 1.44. The number of aryl methyl sites for hydroxylation is 2. The first-order valence-electron chi connectivity index (χ1n) is 4.76. The number of anilines is 1. The summed E-state index contributed by atoms with van der Waals surface area (Å²) in [6.45, 7) is 0.709. The van der Waals surface area contributed by atoms with Crippen LogP contribution in [0.1, 0.15) is 5.56 Å². The van der Waals surface area contributed by atoms with Gasteiger partial charge in [-0.25, -0.2) is 4.39 Å². The maximum absolute atomic E-state index is 12.9. The normalized spacial score (nSPS) is 10.5. The molecule has 0 unspecified atom stereocenters. The van der Waals surface area contributed by atoms with Crippen molar-refractivity contribution in [2.24, 2.45) is 0 Å². The summed E-state index contributed by atoms with van der Waals surface area (Å²) < 4.78 is 14.6. The minimum absolute atomic E-state index is 0.201. The molecule has 3 nitrogen and oxygen atoms in total. The Balaban J connectivity index is 1.99. The quantitative estimate of drug-likeness (QED) is 0.831. The first-order chi connectivity index (χ1) is 7.24. The second kappa shape index (κ2) is 4.13. The number of hydrogen-bond donors (Lipinski definition) is 1. The molecule has 0 aliphatic heterocycles. The van der Waals surface area contributed by atoms with Crippen LogP contribution in [0.25, 0.3) is 0 Å². The lowest BCUT2D eigenvalue weighted by atomic mass is 10.1. The van der Waals surface area contributed by atoms with E-state index in [0.717, 1.165) is 12.0 Å². The van der Waals surface area contributed by atoms with E-state index in [1.165, 1.54) is 12.1 Å². The van der Waals surface area contributed by atoms with E-state index >= 15 is 0 Å². The number of nitrogens with zero attached hydrogens (tertiary/aromatic N) is 2. The summed E-state index contributed by atoms with van der Waals surface area (Å²) >= 11 is 0. The summed E-state index contributed by atoms with van der Waals surface area (Å²) in [5.41, 5.74) is 7.14. The fraction of sp³-hybridized carbons (Fsp3) is 0.182. The van der Waals surface area contributed by atoms with Crippen LogP contribution in [0.15, 0.2) is 36.7 Å². The number of aromatic nitrogens is 2. The highest BCUT2D eigenvalue weighted by atomic mass is 19.1. The Bertz CT molecular complexity index is 451. The molecule has 1 aromatic heterocycles. The van der Waals surface area contributed by atoms with Gasteiger partial charge in [-0.15, -0.1) is 0 Å². The van der Waals surface area contributed by atoms with Crippen molar-refractivity contribution in [2.75, 3.05) is 5.73 Å². The van der Waals surface area contributed by atoms with Crippen LogP contribution in [-0.4, -0.2) is 9.78 Å². The molecule has 0 amide bonds. The Morgan fingerprint density at radius 1 is 1.40 bits per heavy atom. The Hall–Kier alpha value is -1.84. The van der Waals surface area contributed by atoms with Crippen LogP contribution in [0.4, 0.5) is 10.1 Å². The van der Waals surface area contributed by atoms with Crippen molar-refractivity contribution in [1.29, 1.82) is 0 Å². The van der Waals surface area contributed by atoms with Gasteiger partial charge in [0.2, 0.25) is 0 Å². The van der Waals surface area contributed by atoms with Gasteiger partial charge < -0.3 is 5.73 Å². The van der Waals surface area contributed by atoms with Crippen molar-refractivity contribution in [2.45, 2.75) is 13.0 Å². The molecule has 0 spiro atoms. The Labute approximate surface area is 87.3 Å². The molecule has 1 aromatic carbocycles.